The van der Waals surface area contributed by atoms with Crippen molar-refractivity contribution < 1.29 is 4.79 Å². The van der Waals surface area contributed by atoms with Crippen LogP contribution in [0.2, 0.25) is 0 Å². The molecule has 2 aliphatic carbocycles. The lowest BCUT2D eigenvalue weighted by Crippen LogP contribution is -2.39. The standard InChI is InChI=1S/C14H22N4O/c1-2-18(10-5-3-4-6-10)14(19)13-11(15)12(16-17-13)9-7-8-9/h9-10H,2-8,15H2,1H3,(H,16,17). The number of amides is 1. The van der Waals surface area contributed by atoms with Crippen LogP contribution < -0.4 is 5.73 Å². The number of nitrogen functional groups attached to an aromatic ring is 1. The number of aromatic amines is 1. The Bertz CT molecular complexity index is 472. The minimum absolute atomic E-state index is 0.00458. The summed E-state index contributed by atoms with van der Waals surface area (Å²) in [7, 11) is 0. The van der Waals surface area contributed by atoms with Crippen molar-refractivity contribution in [2.24, 2.45) is 0 Å². The third-order valence-corrected chi connectivity index (χ3v) is 4.39. The first-order valence-corrected chi connectivity index (χ1v) is 7.37. The SMILES string of the molecule is CCN(C(=O)c1n[nH]c(C2CC2)c1N)C1CCCC1. The van der Waals surface area contributed by atoms with E-state index >= 15 is 0 Å². The Morgan fingerprint density at radius 2 is 2.05 bits per heavy atom. The van der Waals surface area contributed by atoms with E-state index in [-0.39, 0.29) is 5.91 Å². The van der Waals surface area contributed by atoms with Gasteiger partial charge in [0.1, 0.15) is 0 Å². The van der Waals surface area contributed by atoms with Crippen molar-refractivity contribution in [3.05, 3.63) is 11.4 Å². The summed E-state index contributed by atoms with van der Waals surface area (Å²) < 4.78 is 0. The second-order valence-electron chi connectivity index (χ2n) is 5.70. The molecule has 0 aromatic carbocycles. The summed E-state index contributed by atoms with van der Waals surface area (Å²) in [5.41, 5.74) is 8.06. The molecule has 2 saturated carbocycles. The highest BCUT2D eigenvalue weighted by atomic mass is 16.2. The molecule has 0 radical (unpaired) electrons. The van der Waals surface area contributed by atoms with E-state index in [2.05, 4.69) is 10.2 Å². The van der Waals surface area contributed by atoms with Gasteiger partial charge in [0.25, 0.3) is 5.91 Å². The lowest BCUT2D eigenvalue weighted by molar-refractivity contribution is 0.0688. The minimum atomic E-state index is -0.00458. The number of hydrogen-bond donors (Lipinski definition) is 2. The Morgan fingerprint density at radius 1 is 1.37 bits per heavy atom. The number of anilines is 1. The van der Waals surface area contributed by atoms with Crippen LogP contribution in [0, 0.1) is 0 Å². The normalized spacial score (nSPS) is 19.8. The van der Waals surface area contributed by atoms with E-state index in [9.17, 15) is 4.79 Å². The Morgan fingerprint density at radius 3 is 2.63 bits per heavy atom. The highest BCUT2D eigenvalue weighted by Crippen LogP contribution is 2.42. The number of nitrogens with zero attached hydrogens (tertiary/aromatic N) is 2. The van der Waals surface area contributed by atoms with Crippen molar-refractivity contribution in [2.75, 3.05) is 12.3 Å². The van der Waals surface area contributed by atoms with Crippen LogP contribution >= 0.6 is 0 Å². The van der Waals surface area contributed by atoms with Crippen molar-refractivity contribution >= 4 is 11.6 Å². The second kappa shape index (κ2) is 4.87. The fourth-order valence-electron chi connectivity index (χ4n) is 3.13. The molecule has 1 heterocycles. The summed E-state index contributed by atoms with van der Waals surface area (Å²) in [6.45, 7) is 2.76. The molecule has 5 heteroatoms. The van der Waals surface area contributed by atoms with Crippen molar-refractivity contribution in [3.63, 3.8) is 0 Å². The van der Waals surface area contributed by atoms with E-state index in [4.69, 9.17) is 5.73 Å². The fourth-order valence-corrected chi connectivity index (χ4v) is 3.13. The molecule has 19 heavy (non-hydrogen) atoms. The number of hydrogen-bond acceptors (Lipinski definition) is 3. The lowest BCUT2D eigenvalue weighted by Gasteiger charge is -2.27. The summed E-state index contributed by atoms with van der Waals surface area (Å²) in [6, 6.07) is 0.373. The highest BCUT2D eigenvalue weighted by Gasteiger charge is 2.33. The van der Waals surface area contributed by atoms with E-state index < -0.39 is 0 Å². The molecule has 0 saturated heterocycles. The van der Waals surface area contributed by atoms with E-state index in [0.717, 1.165) is 37.9 Å². The van der Waals surface area contributed by atoms with Crippen LogP contribution in [0.15, 0.2) is 0 Å². The maximum absolute atomic E-state index is 12.6. The van der Waals surface area contributed by atoms with Gasteiger partial charge in [-0.05, 0) is 32.6 Å². The monoisotopic (exact) mass is 262 g/mol. The average Bonchev–Trinajstić information content (AvgIpc) is 2.96. The maximum atomic E-state index is 12.6. The molecule has 3 rings (SSSR count). The van der Waals surface area contributed by atoms with Crippen LogP contribution in [0.25, 0.3) is 0 Å². The van der Waals surface area contributed by atoms with Gasteiger partial charge >= 0.3 is 0 Å². The van der Waals surface area contributed by atoms with Gasteiger partial charge in [0, 0.05) is 18.5 Å². The van der Waals surface area contributed by atoms with Gasteiger partial charge in [0.15, 0.2) is 5.69 Å². The summed E-state index contributed by atoms with van der Waals surface area (Å²) in [5.74, 6) is 0.491. The predicted molar refractivity (Wildman–Crippen MR) is 73.9 cm³/mol. The number of nitrogens with two attached hydrogens (primary N) is 1. The van der Waals surface area contributed by atoms with E-state index in [1.165, 1.54) is 12.8 Å². The molecule has 2 fully saturated rings. The topological polar surface area (TPSA) is 75.0 Å². The Hall–Kier alpha value is -1.52. The zero-order chi connectivity index (χ0) is 13.4. The van der Waals surface area contributed by atoms with Crippen molar-refractivity contribution in [2.45, 2.75) is 57.4 Å². The number of carbonyl (C=O) groups is 1. The molecule has 104 valence electrons. The largest absolute Gasteiger partial charge is 0.395 e. The van der Waals surface area contributed by atoms with Gasteiger partial charge in [-0.1, -0.05) is 12.8 Å². The molecule has 0 atom stereocenters. The summed E-state index contributed by atoms with van der Waals surface area (Å²) >= 11 is 0. The molecule has 1 aromatic heterocycles. The van der Waals surface area contributed by atoms with Crippen molar-refractivity contribution in [1.82, 2.24) is 15.1 Å². The summed E-state index contributed by atoms with van der Waals surface area (Å²) in [5, 5.41) is 7.14. The molecular formula is C14H22N4O. The van der Waals surface area contributed by atoms with Gasteiger partial charge < -0.3 is 10.6 Å². The van der Waals surface area contributed by atoms with Gasteiger partial charge in [-0.3, -0.25) is 9.89 Å². The number of aromatic nitrogens is 2. The Labute approximate surface area is 113 Å². The Balaban J connectivity index is 1.81. The summed E-state index contributed by atoms with van der Waals surface area (Å²) in [6.07, 6.45) is 6.97. The number of nitrogens with one attached hydrogen (secondary N) is 1. The first-order valence-electron chi connectivity index (χ1n) is 7.37. The molecule has 0 unspecified atom stereocenters. The molecule has 2 aliphatic rings. The zero-order valence-electron chi connectivity index (χ0n) is 11.5. The quantitative estimate of drug-likeness (QED) is 0.874. The van der Waals surface area contributed by atoms with Crippen LogP contribution in [-0.2, 0) is 0 Å². The fraction of sp³-hybridized carbons (Fsp3) is 0.714. The Kier molecular flexibility index (Phi) is 3.21. The maximum Gasteiger partial charge on any atom is 0.276 e. The van der Waals surface area contributed by atoms with Gasteiger partial charge in [-0.2, -0.15) is 5.10 Å². The molecule has 1 aromatic rings. The highest BCUT2D eigenvalue weighted by molar-refractivity contribution is 5.98. The number of carbonyl (C=O) groups excluding carboxylic acids is 1. The first kappa shape index (κ1) is 12.5. The van der Waals surface area contributed by atoms with Crippen LogP contribution in [0.1, 0.15) is 67.5 Å². The van der Waals surface area contributed by atoms with Gasteiger partial charge in [-0.25, -0.2) is 0 Å². The molecule has 0 aliphatic heterocycles. The van der Waals surface area contributed by atoms with Crippen LogP contribution in [0.3, 0.4) is 0 Å². The van der Waals surface area contributed by atoms with Crippen LogP contribution in [-0.4, -0.2) is 33.6 Å². The summed E-state index contributed by atoms with van der Waals surface area (Å²) in [4.78, 5) is 14.5. The van der Waals surface area contributed by atoms with E-state index in [1.807, 2.05) is 11.8 Å². The molecular weight excluding hydrogens is 240 g/mol. The van der Waals surface area contributed by atoms with Crippen LogP contribution in [0.4, 0.5) is 5.69 Å². The van der Waals surface area contributed by atoms with E-state index in [0.29, 0.717) is 23.3 Å². The number of rotatable bonds is 4. The zero-order valence-corrected chi connectivity index (χ0v) is 11.5. The molecule has 3 N–H and O–H groups in total. The number of H-pyrrole nitrogens is 1. The van der Waals surface area contributed by atoms with Gasteiger partial charge in [-0.15, -0.1) is 0 Å². The van der Waals surface area contributed by atoms with Crippen molar-refractivity contribution in [3.8, 4) is 0 Å². The third kappa shape index (κ3) is 2.22. The van der Waals surface area contributed by atoms with E-state index in [1.54, 1.807) is 0 Å². The average molecular weight is 262 g/mol. The third-order valence-electron chi connectivity index (χ3n) is 4.39. The molecule has 0 spiro atoms. The molecule has 5 nitrogen and oxygen atoms in total. The minimum Gasteiger partial charge on any atom is -0.395 e. The second-order valence-corrected chi connectivity index (χ2v) is 5.70. The van der Waals surface area contributed by atoms with Gasteiger partial charge in [0.2, 0.25) is 0 Å². The van der Waals surface area contributed by atoms with Gasteiger partial charge in [0.05, 0.1) is 11.4 Å². The smallest absolute Gasteiger partial charge is 0.276 e. The molecule has 0 bridgehead atoms. The predicted octanol–water partition coefficient (Wildman–Crippen LogP) is 2.27. The first-order chi connectivity index (χ1) is 9.22. The molecule has 1 amide bonds. The lowest BCUT2D eigenvalue weighted by atomic mass is 10.1. The van der Waals surface area contributed by atoms with Crippen LogP contribution in [0.5, 0.6) is 0 Å². The van der Waals surface area contributed by atoms with Crippen molar-refractivity contribution in [1.29, 1.82) is 0 Å².